The molecule has 1 aromatic carbocycles. The van der Waals surface area contributed by atoms with Crippen molar-refractivity contribution in [3.63, 3.8) is 0 Å². The van der Waals surface area contributed by atoms with Crippen LogP contribution in [-0.4, -0.2) is 34.2 Å². The van der Waals surface area contributed by atoms with Crippen LogP contribution >= 0.6 is 11.8 Å². The van der Waals surface area contributed by atoms with Gasteiger partial charge in [-0.3, -0.25) is 4.79 Å². The maximum absolute atomic E-state index is 12.2. The largest absolute Gasteiger partial charge is 0.353 e. The van der Waals surface area contributed by atoms with E-state index in [1.165, 1.54) is 16.0 Å². The van der Waals surface area contributed by atoms with Crippen LogP contribution in [-0.2, 0) is 11.2 Å². The third-order valence-corrected chi connectivity index (χ3v) is 4.76. The summed E-state index contributed by atoms with van der Waals surface area (Å²) in [7, 11) is 0. The molecular formula is C16H18N4OS. The first kappa shape index (κ1) is 14.8. The maximum atomic E-state index is 12.2. The van der Waals surface area contributed by atoms with E-state index < -0.39 is 0 Å². The fourth-order valence-corrected chi connectivity index (χ4v) is 3.66. The number of amides is 1. The Labute approximate surface area is 133 Å². The summed E-state index contributed by atoms with van der Waals surface area (Å²) < 4.78 is 0. The molecule has 114 valence electrons. The molecule has 6 heteroatoms. The zero-order valence-corrected chi connectivity index (χ0v) is 13.2. The lowest BCUT2D eigenvalue weighted by Crippen LogP contribution is -2.35. The smallest absolute Gasteiger partial charge is 0.233 e. The summed E-state index contributed by atoms with van der Waals surface area (Å²) in [5.41, 5.74) is 2.51. The van der Waals surface area contributed by atoms with E-state index in [0.29, 0.717) is 19.0 Å². The van der Waals surface area contributed by atoms with Crippen molar-refractivity contribution in [2.45, 2.75) is 23.5 Å². The molecule has 0 aliphatic carbocycles. The minimum atomic E-state index is -0.0234. The van der Waals surface area contributed by atoms with E-state index >= 15 is 0 Å². The molecule has 1 amide bonds. The number of thioether (sulfide) groups is 1. The summed E-state index contributed by atoms with van der Waals surface area (Å²) in [5, 5.41) is 6.01. The minimum absolute atomic E-state index is 0.0234. The van der Waals surface area contributed by atoms with Crippen molar-refractivity contribution in [3.8, 4) is 0 Å². The van der Waals surface area contributed by atoms with Crippen molar-refractivity contribution >= 4 is 23.6 Å². The number of aryl methyl sites for hydroxylation is 1. The topological polar surface area (TPSA) is 66.9 Å². The van der Waals surface area contributed by atoms with Crippen molar-refractivity contribution < 1.29 is 4.79 Å². The van der Waals surface area contributed by atoms with Gasteiger partial charge in [-0.15, -0.1) is 11.8 Å². The van der Waals surface area contributed by atoms with Gasteiger partial charge in [0, 0.05) is 30.4 Å². The van der Waals surface area contributed by atoms with Crippen LogP contribution in [0.15, 0.2) is 41.6 Å². The number of hydrogen-bond donors (Lipinski definition) is 2. The van der Waals surface area contributed by atoms with Gasteiger partial charge < -0.3 is 10.6 Å². The van der Waals surface area contributed by atoms with Gasteiger partial charge in [-0.2, -0.15) is 0 Å². The fourth-order valence-electron chi connectivity index (χ4n) is 2.35. The first-order chi connectivity index (χ1) is 10.7. The zero-order chi connectivity index (χ0) is 15.4. The number of rotatable bonds is 5. The summed E-state index contributed by atoms with van der Waals surface area (Å²) >= 11 is 1.66. The number of anilines is 1. The average molecular weight is 314 g/mol. The lowest BCUT2D eigenvalue weighted by Gasteiger charge is -2.10. The summed E-state index contributed by atoms with van der Waals surface area (Å²) in [5.74, 6) is 0.671. The molecule has 1 aliphatic rings. The van der Waals surface area contributed by atoms with E-state index in [4.69, 9.17) is 0 Å². The van der Waals surface area contributed by atoms with Crippen LogP contribution in [0.2, 0.25) is 0 Å². The molecule has 0 spiro atoms. The van der Waals surface area contributed by atoms with E-state index in [0.717, 1.165) is 6.42 Å². The van der Waals surface area contributed by atoms with E-state index in [2.05, 4.69) is 45.7 Å². The second-order valence-electron chi connectivity index (χ2n) is 5.21. The Bertz CT molecular complexity index is 662. The van der Waals surface area contributed by atoms with Crippen molar-refractivity contribution in [2.75, 3.05) is 18.4 Å². The van der Waals surface area contributed by atoms with Gasteiger partial charge in [0.05, 0.1) is 5.25 Å². The highest BCUT2D eigenvalue weighted by Crippen LogP contribution is 2.37. The molecule has 0 saturated carbocycles. The van der Waals surface area contributed by atoms with Crippen LogP contribution in [0, 0.1) is 6.92 Å². The molecular weight excluding hydrogens is 296 g/mol. The van der Waals surface area contributed by atoms with E-state index in [1.54, 1.807) is 30.2 Å². The number of benzene rings is 1. The first-order valence-corrected chi connectivity index (χ1v) is 8.15. The summed E-state index contributed by atoms with van der Waals surface area (Å²) in [6, 6.07) is 8.15. The minimum Gasteiger partial charge on any atom is -0.353 e. The predicted octanol–water partition coefficient (Wildman–Crippen LogP) is 2.03. The molecule has 0 saturated heterocycles. The number of hydrogen-bond acceptors (Lipinski definition) is 5. The Kier molecular flexibility index (Phi) is 4.58. The zero-order valence-electron chi connectivity index (χ0n) is 12.4. The molecule has 0 unspecified atom stereocenters. The van der Waals surface area contributed by atoms with Gasteiger partial charge in [-0.25, -0.2) is 9.97 Å². The van der Waals surface area contributed by atoms with Crippen LogP contribution in [0.4, 0.5) is 5.95 Å². The van der Waals surface area contributed by atoms with Crippen LogP contribution in [0.1, 0.15) is 11.1 Å². The standard InChI is InChI=1S/C16H18N4OS/c1-11-3-4-12-10-14(22-13(12)9-11)15(21)17-7-8-20-16-18-5-2-6-19-16/h2-6,9,14H,7-8,10H2,1H3,(H,17,21)(H,18,19,20)/t14-/m1/s1. The van der Waals surface area contributed by atoms with Crippen LogP contribution < -0.4 is 10.6 Å². The molecule has 0 fully saturated rings. The van der Waals surface area contributed by atoms with Crippen molar-refractivity contribution in [3.05, 3.63) is 47.8 Å². The molecule has 2 heterocycles. The molecule has 1 aromatic heterocycles. The lowest BCUT2D eigenvalue weighted by atomic mass is 10.1. The number of aromatic nitrogens is 2. The fraction of sp³-hybridized carbons (Fsp3) is 0.312. The molecule has 1 atom stereocenters. The molecule has 2 N–H and O–H groups in total. The third kappa shape index (κ3) is 3.57. The highest BCUT2D eigenvalue weighted by Gasteiger charge is 2.27. The maximum Gasteiger partial charge on any atom is 0.233 e. The van der Waals surface area contributed by atoms with Crippen LogP contribution in [0.25, 0.3) is 0 Å². The van der Waals surface area contributed by atoms with Crippen molar-refractivity contribution in [1.29, 1.82) is 0 Å². The van der Waals surface area contributed by atoms with Gasteiger partial charge in [0.1, 0.15) is 0 Å². The Balaban J connectivity index is 1.44. The van der Waals surface area contributed by atoms with Gasteiger partial charge >= 0.3 is 0 Å². The summed E-state index contributed by atoms with van der Waals surface area (Å²) in [4.78, 5) is 21.6. The molecule has 0 bridgehead atoms. The molecule has 2 aromatic rings. The number of nitrogens with one attached hydrogen (secondary N) is 2. The normalized spacial score (nSPS) is 16.1. The van der Waals surface area contributed by atoms with Crippen LogP contribution in [0.3, 0.4) is 0 Å². The Hall–Kier alpha value is -2.08. The van der Waals surface area contributed by atoms with Crippen molar-refractivity contribution in [1.82, 2.24) is 15.3 Å². The predicted molar refractivity (Wildman–Crippen MR) is 88.1 cm³/mol. The third-order valence-electron chi connectivity index (χ3n) is 3.46. The van der Waals surface area contributed by atoms with Gasteiger partial charge in [-0.05, 0) is 31.0 Å². The summed E-state index contributed by atoms with van der Waals surface area (Å²) in [6.07, 6.45) is 4.17. The number of carbonyl (C=O) groups excluding carboxylic acids is 1. The molecule has 1 aliphatic heterocycles. The van der Waals surface area contributed by atoms with Crippen molar-refractivity contribution in [2.24, 2.45) is 0 Å². The highest BCUT2D eigenvalue weighted by atomic mass is 32.2. The monoisotopic (exact) mass is 314 g/mol. The Morgan fingerprint density at radius 1 is 1.32 bits per heavy atom. The second kappa shape index (κ2) is 6.79. The molecule has 5 nitrogen and oxygen atoms in total. The first-order valence-electron chi connectivity index (χ1n) is 7.27. The Morgan fingerprint density at radius 3 is 2.95 bits per heavy atom. The van der Waals surface area contributed by atoms with E-state index in [9.17, 15) is 4.79 Å². The average Bonchev–Trinajstić information content (AvgIpc) is 2.95. The number of carbonyl (C=O) groups is 1. The Morgan fingerprint density at radius 2 is 2.14 bits per heavy atom. The van der Waals surface area contributed by atoms with Gasteiger partial charge in [0.25, 0.3) is 0 Å². The van der Waals surface area contributed by atoms with E-state index in [-0.39, 0.29) is 11.2 Å². The SMILES string of the molecule is Cc1ccc2c(c1)S[C@@H](C(=O)NCCNc1ncccn1)C2. The quantitative estimate of drug-likeness (QED) is 0.827. The highest BCUT2D eigenvalue weighted by molar-refractivity contribution is 8.01. The molecule has 22 heavy (non-hydrogen) atoms. The summed E-state index contributed by atoms with van der Waals surface area (Å²) in [6.45, 7) is 3.24. The van der Waals surface area contributed by atoms with Gasteiger partial charge in [0.15, 0.2) is 0 Å². The van der Waals surface area contributed by atoms with E-state index in [1.807, 2.05) is 0 Å². The lowest BCUT2D eigenvalue weighted by molar-refractivity contribution is -0.120. The van der Waals surface area contributed by atoms with Gasteiger partial charge in [0.2, 0.25) is 11.9 Å². The molecule has 0 radical (unpaired) electrons. The van der Waals surface area contributed by atoms with Gasteiger partial charge in [-0.1, -0.05) is 17.7 Å². The number of nitrogens with zero attached hydrogens (tertiary/aromatic N) is 2. The second-order valence-corrected chi connectivity index (χ2v) is 6.46. The molecule has 3 rings (SSSR count). The van der Waals surface area contributed by atoms with Crippen LogP contribution in [0.5, 0.6) is 0 Å². The number of fused-ring (bicyclic) bond motifs is 1.